The van der Waals surface area contributed by atoms with E-state index in [1.807, 2.05) is 5.32 Å². The zero-order valence-corrected chi connectivity index (χ0v) is 13.1. The van der Waals surface area contributed by atoms with Crippen LogP contribution in [0.2, 0.25) is 0 Å². The Bertz CT molecular complexity index is 624. The number of amides is 3. The van der Waals surface area contributed by atoms with Crippen molar-refractivity contribution in [3.63, 3.8) is 0 Å². The van der Waals surface area contributed by atoms with Gasteiger partial charge in [0.25, 0.3) is 0 Å². The number of hydrogen-bond acceptors (Lipinski definition) is 4. The molecular weight excluding hydrogens is 329 g/mol. The molecule has 132 valence electrons. The second-order valence-corrected chi connectivity index (χ2v) is 5.32. The van der Waals surface area contributed by atoms with Crippen LogP contribution in [0.3, 0.4) is 0 Å². The van der Waals surface area contributed by atoms with Crippen molar-refractivity contribution in [2.45, 2.75) is 25.2 Å². The first-order chi connectivity index (χ1) is 11.2. The van der Waals surface area contributed by atoms with E-state index in [0.29, 0.717) is 5.56 Å². The number of alkyl halides is 3. The summed E-state index contributed by atoms with van der Waals surface area (Å²) in [5, 5.41) is 4.41. The van der Waals surface area contributed by atoms with Crippen LogP contribution in [0.15, 0.2) is 18.3 Å². The minimum Gasteiger partial charge on any atom is -0.382 e. The predicted octanol–water partition coefficient (Wildman–Crippen LogP) is 1.68. The molecule has 3 amide bonds. The average molecular weight is 346 g/mol. The van der Waals surface area contributed by atoms with Gasteiger partial charge in [-0.15, -0.1) is 0 Å². The van der Waals surface area contributed by atoms with Gasteiger partial charge in [-0.05, 0) is 17.7 Å². The molecule has 0 radical (unpaired) electrons. The molecule has 1 aromatic heterocycles. The maximum Gasteiger partial charge on any atom is 0.410 e. The predicted molar refractivity (Wildman–Crippen MR) is 78.2 cm³/mol. The maximum absolute atomic E-state index is 12.8. The van der Waals surface area contributed by atoms with Crippen LogP contribution in [0.1, 0.15) is 18.5 Å². The van der Waals surface area contributed by atoms with E-state index in [0.717, 1.165) is 4.90 Å². The van der Waals surface area contributed by atoms with Gasteiger partial charge in [0, 0.05) is 20.2 Å². The molecule has 0 bridgehead atoms. The second-order valence-electron chi connectivity index (χ2n) is 5.32. The van der Waals surface area contributed by atoms with E-state index in [2.05, 4.69) is 10.3 Å². The highest BCUT2D eigenvalue weighted by atomic mass is 19.4. The quantitative estimate of drug-likeness (QED) is 0.850. The highest BCUT2D eigenvalue weighted by Gasteiger charge is 2.48. The van der Waals surface area contributed by atoms with Gasteiger partial charge in [0.1, 0.15) is 11.9 Å². The van der Waals surface area contributed by atoms with Gasteiger partial charge < -0.3 is 20.3 Å². The number of nitrogens with zero attached hydrogens (tertiary/aromatic N) is 2. The lowest BCUT2D eigenvalue weighted by Gasteiger charge is -2.27. The number of hydrogen-bond donors (Lipinski definition) is 2. The largest absolute Gasteiger partial charge is 0.410 e. The Morgan fingerprint density at radius 2 is 2.29 bits per heavy atom. The zero-order valence-electron chi connectivity index (χ0n) is 13.1. The number of aromatic nitrogens is 1. The van der Waals surface area contributed by atoms with Crippen molar-refractivity contribution in [2.24, 2.45) is 0 Å². The van der Waals surface area contributed by atoms with Crippen molar-refractivity contribution >= 4 is 17.8 Å². The minimum atomic E-state index is -4.53. The molecule has 24 heavy (non-hydrogen) atoms. The van der Waals surface area contributed by atoms with Crippen LogP contribution in [0, 0.1) is 0 Å². The van der Waals surface area contributed by atoms with E-state index < -0.39 is 30.8 Å². The molecule has 1 aromatic rings. The number of carbonyl (C=O) groups is 2. The molecule has 1 aliphatic heterocycles. The van der Waals surface area contributed by atoms with Gasteiger partial charge in [0.05, 0.1) is 19.2 Å². The first-order valence-electron chi connectivity index (χ1n) is 7.08. The van der Waals surface area contributed by atoms with Crippen LogP contribution in [-0.2, 0) is 9.53 Å². The smallest absolute Gasteiger partial charge is 0.382 e. The van der Waals surface area contributed by atoms with E-state index in [-0.39, 0.29) is 18.3 Å². The van der Waals surface area contributed by atoms with Crippen molar-refractivity contribution in [1.82, 2.24) is 15.2 Å². The second kappa shape index (κ2) is 7.04. The van der Waals surface area contributed by atoms with Gasteiger partial charge in [-0.25, -0.2) is 9.78 Å². The van der Waals surface area contributed by atoms with Crippen molar-refractivity contribution in [1.29, 1.82) is 0 Å². The van der Waals surface area contributed by atoms with Crippen LogP contribution < -0.4 is 10.6 Å². The number of urea groups is 1. The van der Waals surface area contributed by atoms with Gasteiger partial charge in [0.2, 0.25) is 5.91 Å². The molecule has 2 atom stereocenters. The monoisotopic (exact) mass is 346 g/mol. The summed E-state index contributed by atoms with van der Waals surface area (Å²) in [6, 6.07) is -0.432. The molecule has 0 unspecified atom stereocenters. The fourth-order valence-corrected chi connectivity index (χ4v) is 2.44. The Morgan fingerprint density at radius 1 is 1.58 bits per heavy atom. The summed E-state index contributed by atoms with van der Waals surface area (Å²) < 4.78 is 43.6. The average Bonchev–Trinajstić information content (AvgIpc) is 2.86. The highest BCUT2D eigenvalue weighted by molar-refractivity contribution is 5.87. The molecule has 0 spiro atoms. The Hall–Kier alpha value is -2.36. The normalized spacial score (nSPS) is 19.1. The van der Waals surface area contributed by atoms with Gasteiger partial charge in [-0.1, -0.05) is 0 Å². The molecule has 10 heteroatoms. The molecule has 1 aliphatic rings. The van der Waals surface area contributed by atoms with Crippen LogP contribution in [-0.4, -0.2) is 54.3 Å². The first-order valence-corrected chi connectivity index (χ1v) is 7.08. The van der Waals surface area contributed by atoms with E-state index in [4.69, 9.17) is 4.74 Å². The summed E-state index contributed by atoms with van der Waals surface area (Å²) in [6.07, 6.45) is -3.12. The van der Waals surface area contributed by atoms with Crippen molar-refractivity contribution in [3.8, 4) is 0 Å². The number of ether oxygens (including phenoxy) is 1. The molecule has 0 saturated carbocycles. The highest BCUT2D eigenvalue weighted by Crippen LogP contribution is 2.30. The van der Waals surface area contributed by atoms with Crippen LogP contribution in [0.5, 0.6) is 0 Å². The van der Waals surface area contributed by atoms with E-state index in [9.17, 15) is 22.8 Å². The number of methoxy groups -OCH3 is 1. The van der Waals surface area contributed by atoms with Crippen LogP contribution in [0.25, 0.3) is 0 Å². The first kappa shape index (κ1) is 18.0. The summed E-state index contributed by atoms with van der Waals surface area (Å²) in [5.74, 6) is -0.0907. The number of carbonyl (C=O) groups excluding carboxylic acids is 2. The number of anilines is 1. The zero-order chi connectivity index (χ0) is 17.9. The Kier molecular flexibility index (Phi) is 5.27. The van der Waals surface area contributed by atoms with Gasteiger partial charge in [-0.2, -0.15) is 13.2 Å². The Morgan fingerprint density at radius 3 is 2.83 bits per heavy atom. The van der Waals surface area contributed by atoms with E-state index in [1.54, 1.807) is 6.07 Å². The lowest BCUT2D eigenvalue weighted by molar-refractivity contribution is -0.150. The van der Waals surface area contributed by atoms with E-state index >= 15 is 0 Å². The molecule has 2 N–H and O–H groups in total. The van der Waals surface area contributed by atoms with E-state index in [1.165, 1.54) is 26.3 Å². The number of pyridine rings is 1. The Labute approximate surface area is 136 Å². The number of rotatable bonds is 5. The molecule has 2 heterocycles. The molecule has 0 aliphatic carbocycles. The Balaban J connectivity index is 2.26. The van der Waals surface area contributed by atoms with Crippen LogP contribution >= 0.6 is 0 Å². The lowest BCUT2D eigenvalue weighted by Crippen LogP contribution is -2.40. The molecule has 1 fully saturated rings. The summed E-state index contributed by atoms with van der Waals surface area (Å²) in [4.78, 5) is 28.1. The molecule has 7 nitrogen and oxygen atoms in total. The molecule has 1 saturated heterocycles. The summed E-state index contributed by atoms with van der Waals surface area (Å²) in [7, 11) is 1.39. The maximum atomic E-state index is 12.8. The third-order valence-corrected chi connectivity index (χ3v) is 3.51. The molecule has 2 rings (SSSR count). The summed E-state index contributed by atoms with van der Waals surface area (Å²) >= 11 is 0. The SMILES string of the molecule is COC[C@H](c1ccnc(NC(C)=O)c1)N1C[C@@H](C(F)(F)F)NC1=O. The number of nitrogens with one attached hydrogen (secondary N) is 2. The van der Waals surface area contributed by atoms with Crippen molar-refractivity contribution in [2.75, 3.05) is 25.6 Å². The lowest BCUT2D eigenvalue weighted by atomic mass is 10.1. The topological polar surface area (TPSA) is 83.6 Å². The minimum absolute atomic E-state index is 0.00151. The summed E-state index contributed by atoms with van der Waals surface area (Å²) in [6.45, 7) is 0.790. The van der Waals surface area contributed by atoms with Gasteiger partial charge in [-0.3, -0.25) is 4.79 Å². The van der Waals surface area contributed by atoms with Crippen molar-refractivity contribution < 1.29 is 27.5 Å². The standard InChI is InChI=1S/C14H17F3N4O3/c1-8(22)19-12-5-9(3-4-18-12)10(7-24-2)21-6-11(14(15,16)17)20-13(21)23/h3-5,10-11H,6-7H2,1-2H3,(H,20,23)(H,18,19,22)/t10-,11+/m1/s1. The number of halogens is 3. The third kappa shape index (κ3) is 4.13. The molecule has 0 aromatic carbocycles. The summed E-state index contributed by atoms with van der Waals surface area (Å²) in [5.41, 5.74) is 0.508. The van der Waals surface area contributed by atoms with Crippen molar-refractivity contribution in [3.05, 3.63) is 23.9 Å². The van der Waals surface area contributed by atoms with Crippen LogP contribution in [0.4, 0.5) is 23.8 Å². The van der Waals surface area contributed by atoms with Gasteiger partial charge >= 0.3 is 12.2 Å². The third-order valence-electron chi connectivity index (χ3n) is 3.51. The fraction of sp³-hybridized carbons (Fsp3) is 0.500. The van der Waals surface area contributed by atoms with Gasteiger partial charge in [0.15, 0.2) is 0 Å². The fourth-order valence-electron chi connectivity index (χ4n) is 2.44. The molecular formula is C14H17F3N4O3.